The summed E-state index contributed by atoms with van der Waals surface area (Å²) in [6.45, 7) is 6.52. The number of piperidine rings is 1. The van der Waals surface area contributed by atoms with Gasteiger partial charge in [-0.1, -0.05) is 0 Å². The van der Waals surface area contributed by atoms with E-state index in [9.17, 15) is 4.79 Å². The van der Waals surface area contributed by atoms with Gasteiger partial charge in [0.2, 0.25) is 0 Å². The molecule has 1 aliphatic heterocycles. The lowest BCUT2D eigenvalue weighted by atomic mass is 9.92. The van der Waals surface area contributed by atoms with Gasteiger partial charge in [0, 0.05) is 19.0 Å². The van der Waals surface area contributed by atoms with Crippen LogP contribution in [0.3, 0.4) is 0 Å². The zero-order valence-corrected chi connectivity index (χ0v) is 11.1. The highest BCUT2D eigenvalue weighted by atomic mass is 16.6. The predicted octanol–water partition coefficient (Wildman–Crippen LogP) is 2.60. The van der Waals surface area contributed by atoms with E-state index in [0.29, 0.717) is 18.7 Å². The van der Waals surface area contributed by atoms with Crippen LogP contribution in [0.4, 0.5) is 4.79 Å². The normalized spacial score (nSPS) is 21.3. The molecule has 5 heteroatoms. The standard InChI is InChI=1S/C13H20N2O3/c1-13(2,3)18-12(17)15-6-4-5-10(8-15)11(7-14)9-16/h9-10,16H,4-6,8H2,1-3H3/b11-9+. The van der Waals surface area contributed by atoms with Crippen LogP contribution in [0.2, 0.25) is 0 Å². The van der Waals surface area contributed by atoms with E-state index in [-0.39, 0.29) is 12.0 Å². The lowest BCUT2D eigenvalue weighted by molar-refractivity contribution is 0.0183. The molecule has 0 aromatic heterocycles. The fraction of sp³-hybridized carbons (Fsp3) is 0.692. The van der Waals surface area contributed by atoms with Crippen molar-refractivity contribution >= 4 is 6.09 Å². The molecule has 0 spiro atoms. The monoisotopic (exact) mass is 252 g/mol. The van der Waals surface area contributed by atoms with Gasteiger partial charge >= 0.3 is 6.09 Å². The molecule has 100 valence electrons. The first-order valence-electron chi connectivity index (χ1n) is 6.09. The lowest BCUT2D eigenvalue weighted by Gasteiger charge is -2.33. The molecule has 0 bridgehead atoms. The Morgan fingerprint density at radius 3 is 2.72 bits per heavy atom. The van der Waals surface area contributed by atoms with E-state index in [4.69, 9.17) is 15.1 Å². The van der Waals surface area contributed by atoms with Crippen LogP contribution >= 0.6 is 0 Å². The van der Waals surface area contributed by atoms with Gasteiger partial charge in [-0.2, -0.15) is 5.26 Å². The van der Waals surface area contributed by atoms with Crippen molar-refractivity contribution < 1.29 is 14.6 Å². The molecule has 1 heterocycles. The molecular formula is C13H20N2O3. The Bertz CT molecular complexity index is 377. The van der Waals surface area contributed by atoms with E-state index >= 15 is 0 Å². The summed E-state index contributed by atoms with van der Waals surface area (Å²) in [6.07, 6.45) is 2.09. The number of hydrogen-bond donors (Lipinski definition) is 1. The number of likely N-dealkylation sites (tertiary alicyclic amines) is 1. The Kier molecular flexibility index (Phi) is 4.60. The van der Waals surface area contributed by atoms with Gasteiger partial charge in [-0.25, -0.2) is 4.79 Å². The molecule has 0 radical (unpaired) electrons. The van der Waals surface area contributed by atoms with Gasteiger partial charge in [-0.3, -0.25) is 0 Å². The van der Waals surface area contributed by atoms with Crippen molar-refractivity contribution in [3.8, 4) is 6.07 Å². The summed E-state index contributed by atoms with van der Waals surface area (Å²) in [4.78, 5) is 13.5. The molecule has 18 heavy (non-hydrogen) atoms. The van der Waals surface area contributed by atoms with Gasteiger partial charge in [0.15, 0.2) is 0 Å². The van der Waals surface area contributed by atoms with Crippen molar-refractivity contribution in [3.63, 3.8) is 0 Å². The summed E-state index contributed by atoms with van der Waals surface area (Å²) in [5.74, 6) is -0.0960. The number of amides is 1. The number of ether oxygens (including phenoxy) is 1. The number of hydrogen-bond acceptors (Lipinski definition) is 4. The van der Waals surface area contributed by atoms with E-state index in [1.807, 2.05) is 26.8 Å². The highest BCUT2D eigenvalue weighted by molar-refractivity contribution is 5.68. The zero-order chi connectivity index (χ0) is 13.8. The Hall–Kier alpha value is -1.70. The van der Waals surface area contributed by atoms with E-state index < -0.39 is 5.60 Å². The molecule has 1 saturated heterocycles. The topological polar surface area (TPSA) is 73.6 Å². The Labute approximate surface area is 108 Å². The fourth-order valence-electron chi connectivity index (χ4n) is 1.95. The first-order chi connectivity index (χ1) is 8.37. The van der Waals surface area contributed by atoms with Crippen LogP contribution in [0.15, 0.2) is 11.8 Å². The molecule has 5 nitrogen and oxygen atoms in total. The molecule has 1 amide bonds. The summed E-state index contributed by atoms with van der Waals surface area (Å²) in [5, 5.41) is 17.8. The number of nitrogens with zero attached hydrogens (tertiary/aromatic N) is 2. The summed E-state index contributed by atoms with van der Waals surface area (Å²) in [5.41, 5.74) is -0.196. The molecule has 1 N–H and O–H groups in total. The van der Waals surface area contributed by atoms with Gasteiger partial charge in [0.25, 0.3) is 0 Å². The second-order valence-corrected chi connectivity index (χ2v) is 5.46. The van der Waals surface area contributed by atoms with Crippen LogP contribution in [-0.2, 0) is 4.74 Å². The van der Waals surface area contributed by atoms with E-state index in [1.165, 1.54) is 0 Å². The summed E-state index contributed by atoms with van der Waals surface area (Å²) in [6, 6.07) is 1.96. The molecule has 1 unspecified atom stereocenters. The van der Waals surface area contributed by atoms with Crippen LogP contribution < -0.4 is 0 Å². The Balaban J connectivity index is 2.65. The van der Waals surface area contributed by atoms with Crippen LogP contribution in [0, 0.1) is 17.2 Å². The van der Waals surface area contributed by atoms with Crippen molar-refractivity contribution in [2.45, 2.75) is 39.2 Å². The van der Waals surface area contributed by atoms with E-state index in [2.05, 4.69) is 0 Å². The minimum absolute atomic E-state index is 0.0960. The van der Waals surface area contributed by atoms with Gasteiger partial charge in [-0.15, -0.1) is 0 Å². The van der Waals surface area contributed by atoms with Crippen molar-refractivity contribution in [2.75, 3.05) is 13.1 Å². The molecule has 0 aromatic rings. The van der Waals surface area contributed by atoms with Crippen molar-refractivity contribution in [2.24, 2.45) is 5.92 Å². The third-order valence-corrected chi connectivity index (χ3v) is 2.78. The SMILES string of the molecule is CC(C)(C)OC(=O)N1CCCC(/C(C#N)=C/O)C1. The molecular weight excluding hydrogens is 232 g/mol. The number of rotatable bonds is 1. The average Bonchev–Trinajstić information content (AvgIpc) is 2.29. The van der Waals surface area contributed by atoms with Crippen molar-refractivity contribution in [1.29, 1.82) is 5.26 Å². The smallest absolute Gasteiger partial charge is 0.410 e. The number of carbonyl (C=O) groups excluding carboxylic acids is 1. The molecule has 1 rings (SSSR count). The Morgan fingerprint density at radius 2 is 2.22 bits per heavy atom. The predicted molar refractivity (Wildman–Crippen MR) is 66.9 cm³/mol. The fourth-order valence-corrected chi connectivity index (χ4v) is 1.95. The number of carbonyl (C=O) groups is 1. The van der Waals surface area contributed by atoms with Gasteiger partial charge < -0.3 is 14.7 Å². The first kappa shape index (κ1) is 14.4. The highest BCUT2D eigenvalue weighted by Crippen LogP contribution is 2.24. The molecule has 1 aliphatic rings. The maximum Gasteiger partial charge on any atom is 0.410 e. The second-order valence-electron chi connectivity index (χ2n) is 5.46. The van der Waals surface area contributed by atoms with Crippen molar-refractivity contribution in [3.05, 3.63) is 11.8 Å². The van der Waals surface area contributed by atoms with Crippen LogP contribution in [0.1, 0.15) is 33.6 Å². The highest BCUT2D eigenvalue weighted by Gasteiger charge is 2.29. The van der Waals surface area contributed by atoms with Gasteiger partial charge in [-0.05, 0) is 33.6 Å². The summed E-state index contributed by atoms with van der Waals surface area (Å²) >= 11 is 0. The summed E-state index contributed by atoms with van der Waals surface area (Å²) < 4.78 is 5.29. The largest absolute Gasteiger partial charge is 0.515 e. The summed E-state index contributed by atoms with van der Waals surface area (Å²) in [7, 11) is 0. The van der Waals surface area contributed by atoms with E-state index in [0.717, 1.165) is 19.1 Å². The molecule has 0 aliphatic carbocycles. The average molecular weight is 252 g/mol. The van der Waals surface area contributed by atoms with Gasteiger partial charge in [0.05, 0.1) is 17.9 Å². The zero-order valence-electron chi connectivity index (χ0n) is 11.1. The first-order valence-corrected chi connectivity index (χ1v) is 6.09. The lowest BCUT2D eigenvalue weighted by Crippen LogP contribution is -2.43. The molecule has 1 atom stereocenters. The molecule has 0 saturated carbocycles. The maximum absolute atomic E-state index is 11.9. The van der Waals surface area contributed by atoms with Crippen LogP contribution in [-0.4, -0.2) is 34.8 Å². The van der Waals surface area contributed by atoms with E-state index in [1.54, 1.807) is 4.90 Å². The van der Waals surface area contributed by atoms with Gasteiger partial charge in [0.1, 0.15) is 5.60 Å². The van der Waals surface area contributed by atoms with Crippen LogP contribution in [0.25, 0.3) is 0 Å². The third-order valence-electron chi connectivity index (χ3n) is 2.78. The molecule has 1 fully saturated rings. The second kappa shape index (κ2) is 5.76. The maximum atomic E-state index is 11.9. The number of aliphatic hydroxyl groups excluding tert-OH is 1. The van der Waals surface area contributed by atoms with Crippen molar-refractivity contribution in [1.82, 2.24) is 4.90 Å². The quantitative estimate of drug-likeness (QED) is 0.575. The minimum atomic E-state index is -0.519. The van der Waals surface area contributed by atoms with Crippen LogP contribution in [0.5, 0.6) is 0 Å². The number of aliphatic hydroxyl groups is 1. The third kappa shape index (κ3) is 3.95. The number of nitriles is 1. The Morgan fingerprint density at radius 1 is 1.56 bits per heavy atom. The molecule has 0 aromatic carbocycles. The minimum Gasteiger partial charge on any atom is -0.515 e.